The first-order valence-electron chi connectivity index (χ1n) is 4.80. The van der Waals surface area contributed by atoms with Gasteiger partial charge in [-0.3, -0.25) is 0 Å². The van der Waals surface area contributed by atoms with Gasteiger partial charge in [-0.05, 0) is 0 Å². The number of hydrogen-bond acceptors (Lipinski definition) is 6. The standard InChI is InChI=1S/C8H16N2O6/c1-9-8(15)10-7-6(14)5(13)4(12)3(2-11)16-7/h3-7,11-14H,2H2,1H3,(H2,9,10,15)/t3-,4+,5+,6-,7-/m1/s1. The summed E-state index contributed by atoms with van der Waals surface area (Å²) >= 11 is 0. The van der Waals surface area contributed by atoms with Gasteiger partial charge in [0.2, 0.25) is 0 Å². The van der Waals surface area contributed by atoms with Crippen molar-refractivity contribution in [1.82, 2.24) is 10.6 Å². The number of urea groups is 1. The highest BCUT2D eigenvalue weighted by Gasteiger charge is 2.43. The summed E-state index contributed by atoms with van der Waals surface area (Å²) < 4.78 is 5.02. The number of aliphatic hydroxyl groups excluding tert-OH is 4. The fraction of sp³-hybridized carbons (Fsp3) is 0.875. The second-order valence-corrected chi connectivity index (χ2v) is 3.47. The van der Waals surface area contributed by atoms with Crippen molar-refractivity contribution in [3.63, 3.8) is 0 Å². The molecule has 1 fully saturated rings. The predicted molar refractivity (Wildman–Crippen MR) is 51.4 cm³/mol. The smallest absolute Gasteiger partial charge is 0.316 e. The molecule has 16 heavy (non-hydrogen) atoms. The predicted octanol–water partition coefficient (Wildman–Crippen LogP) is -3.28. The highest BCUT2D eigenvalue weighted by atomic mass is 16.6. The monoisotopic (exact) mass is 236 g/mol. The van der Waals surface area contributed by atoms with Crippen LogP contribution in [0.15, 0.2) is 0 Å². The van der Waals surface area contributed by atoms with E-state index in [1.54, 1.807) is 0 Å². The SMILES string of the molecule is CNC(=O)N[C@@H]1O[C@H](CO)[C@H](O)[C@H](O)[C@H]1O. The molecule has 1 aliphatic rings. The minimum absolute atomic E-state index is 0.531. The van der Waals surface area contributed by atoms with Crippen LogP contribution in [-0.2, 0) is 4.74 Å². The van der Waals surface area contributed by atoms with E-state index in [1.165, 1.54) is 7.05 Å². The first kappa shape index (κ1) is 13.1. The van der Waals surface area contributed by atoms with Crippen LogP contribution in [0.5, 0.6) is 0 Å². The topological polar surface area (TPSA) is 131 Å². The molecule has 0 saturated carbocycles. The third-order valence-electron chi connectivity index (χ3n) is 2.39. The van der Waals surface area contributed by atoms with Gasteiger partial charge in [0, 0.05) is 7.05 Å². The van der Waals surface area contributed by atoms with Crippen LogP contribution in [0.2, 0.25) is 0 Å². The highest BCUT2D eigenvalue weighted by Crippen LogP contribution is 2.19. The second-order valence-electron chi connectivity index (χ2n) is 3.47. The number of ether oxygens (including phenoxy) is 1. The van der Waals surface area contributed by atoms with Crippen LogP contribution < -0.4 is 10.6 Å². The molecule has 5 atom stereocenters. The van der Waals surface area contributed by atoms with Gasteiger partial charge in [-0.1, -0.05) is 0 Å². The summed E-state index contributed by atoms with van der Waals surface area (Å²) in [7, 11) is 1.37. The van der Waals surface area contributed by atoms with Crippen molar-refractivity contribution in [3.05, 3.63) is 0 Å². The summed E-state index contributed by atoms with van der Waals surface area (Å²) in [5, 5.41) is 41.7. The van der Waals surface area contributed by atoms with Gasteiger partial charge in [-0.15, -0.1) is 0 Å². The number of carbonyl (C=O) groups is 1. The number of amides is 2. The van der Waals surface area contributed by atoms with Gasteiger partial charge in [0.05, 0.1) is 6.61 Å². The second kappa shape index (κ2) is 5.41. The summed E-state index contributed by atoms with van der Waals surface area (Å²) in [6.07, 6.45) is -6.60. The molecule has 2 amide bonds. The van der Waals surface area contributed by atoms with Crippen LogP contribution in [0.25, 0.3) is 0 Å². The van der Waals surface area contributed by atoms with Crippen molar-refractivity contribution in [2.45, 2.75) is 30.6 Å². The Morgan fingerprint density at radius 1 is 1.25 bits per heavy atom. The first-order valence-corrected chi connectivity index (χ1v) is 4.80. The Morgan fingerprint density at radius 2 is 1.88 bits per heavy atom. The Kier molecular flexibility index (Phi) is 4.44. The van der Waals surface area contributed by atoms with Crippen molar-refractivity contribution >= 4 is 6.03 Å². The van der Waals surface area contributed by atoms with E-state index in [2.05, 4.69) is 10.6 Å². The maximum Gasteiger partial charge on any atom is 0.316 e. The van der Waals surface area contributed by atoms with Crippen LogP contribution in [0.4, 0.5) is 4.79 Å². The van der Waals surface area contributed by atoms with E-state index in [0.717, 1.165) is 0 Å². The molecule has 1 aliphatic heterocycles. The molecule has 0 bridgehead atoms. The Labute approximate surface area is 91.8 Å². The third-order valence-corrected chi connectivity index (χ3v) is 2.39. The lowest BCUT2D eigenvalue weighted by atomic mass is 9.98. The summed E-state index contributed by atoms with van der Waals surface area (Å²) in [4.78, 5) is 11.0. The zero-order valence-corrected chi connectivity index (χ0v) is 8.70. The van der Waals surface area contributed by atoms with E-state index in [0.29, 0.717) is 0 Å². The van der Waals surface area contributed by atoms with Gasteiger partial charge in [-0.25, -0.2) is 4.79 Å². The molecule has 94 valence electrons. The highest BCUT2D eigenvalue weighted by molar-refractivity contribution is 5.73. The Hall–Kier alpha value is -0.930. The number of nitrogens with one attached hydrogen (secondary N) is 2. The Morgan fingerprint density at radius 3 is 2.38 bits per heavy atom. The lowest BCUT2D eigenvalue weighted by Crippen LogP contribution is -2.63. The molecule has 0 aromatic rings. The molecule has 8 heteroatoms. The quantitative estimate of drug-likeness (QED) is 0.298. The number of aliphatic hydroxyl groups is 4. The molecule has 1 heterocycles. The van der Waals surface area contributed by atoms with Gasteiger partial charge >= 0.3 is 6.03 Å². The van der Waals surface area contributed by atoms with Gasteiger partial charge in [-0.2, -0.15) is 0 Å². The minimum atomic E-state index is -1.49. The van der Waals surface area contributed by atoms with Crippen molar-refractivity contribution in [1.29, 1.82) is 0 Å². The van der Waals surface area contributed by atoms with Gasteiger partial charge in [0.25, 0.3) is 0 Å². The Balaban J connectivity index is 2.67. The van der Waals surface area contributed by atoms with Crippen LogP contribution in [0, 0.1) is 0 Å². The summed E-state index contributed by atoms with van der Waals surface area (Å²) in [5.74, 6) is 0. The normalized spacial score (nSPS) is 39.2. The number of rotatable bonds is 2. The fourth-order valence-electron chi connectivity index (χ4n) is 1.42. The van der Waals surface area contributed by atoms with Crippen LogP contribution in [-0.4, -0.2) is 70.8 Å². The number of carbonyl (C=O) groups excluding carboxylic acids is 1. The molecule has 1 rings (SSSR count). The maximum atomic E-state index is 11.0. The van der Waals surface area contributed by atoms with Crippen molar-refractivity contribution in [2.75, 3.05) is 13.7 Å². The minimum Gasteiger partial charge on any atom is -0.394 e. The largest absolute Gasteiger partial charge is 0.394 e. The van der Waals surface area contributed by atoms with Crippen LogP contribution >= 0.6 is 0 Å². The summed E-state index contributed by atoms with van der Waals surface area (Å²) in [5.41, 5.74) is 0. The maximum absolute atomic E-state index is 11.0. The van der Waals surface area contributed by atoms with E-state index in [4.69, 9.17) is 9.84 Å². The molecule has 0 spiro atoms. The van der Waals surface area contributed by atoms with Gasteiger partial charge in [0.1, 0.15) is 24.4 Å². The number of hydrogen-bond donors (Lipinski definition) is 6. The molecule has 0 aromatic carbocycles. The average Bonchev–Trinajstić information content (AvgIpc) is 2.29. The van der Waals surface area contributed by atoms with Crippen molar-refractivity contribution in [3.8, 4) is 0 Å². The molecular formula is C8H16N2O6. The fourth-order valence-corrected chi connectivity index (χ4v) is 1.42. The third kappa shape index (κ3) is 2.60. The lowest BCUT2D eigenvalue weighted by molar-refractivity contribution is -0.233. The molecule has 6 N–H and O–H groups in total. The van der Waals surface area contributed by atoms with E-state index < -0.39 is 43.3 Å². The van der Waals surface area contributed by atoms with Gasteiger partial charge < -0.3 is 35.8 Å². The molecular weight excluding hydrogens is 220 g/mol. The van der Waals surface area contributed by atoms with E-state index >= 15 is 0 Å². The zero-order valence-electron chi connectivity index (χ0n) is 8.70. The van der Waals surface area contributed by atoms with E-state index in [1.807, 2.05) is 0 Å². The molecule has 1 saturated heterocycles. The zero-order chi connectivity index (χ0) is 12.3. The molecule has 0 aliphatic carbocycles. The summed E-state index contributed by atoms with van der Waals surface area (Å²) in [6.45, 7) is -0.531. The van der Waals surface area contributed by atoms with Gasteiger partial charge in [0.15, 0.2) is 6.23 Å². The lowest BCUT2D eigenvalue weighted by Gasteiger charge is -2.39. The van der Waals surface area contributed by atoms with Crippen molar-refractivity contribution < 1.29 is 30.0 Å². The van der Waals surface area contributed by atoms with E-state index in [9.17, 15) is 20.1 Å². The first-order chi connectivity index (χ1) is 7.51. The van der Waals surface area contributed by atoms with E-state index in [-0.39, 0.29) is 0 Å². The molecule has 8 nitrogen and oxygen atoms in total. The molecule has 0 radical (unpaired) electrons. The molecule has 0 unspecified atom stereocenters. The van der Waals surface area contributed by atoms with Crippen molar-refractivity contribution in [2.24, 2.45) is 0 Å². The Bertz CT molecular complexity index is 249. The van der Waals surface area contributed by atoms with Crippen LogP contribution in [0.3, 0.4) is 0 Å². The molecule has 0 aromatic heterocycles. The average molecular weight is 236 g/mol. The van der Waals surface area contributed by atoms with Crippen LogP contribution in [0.1, 0.15) is 0 Å². The summed E-state index contributed by atoms with van der Waals surface area (Å²) in [6, 6.07) is -0.607.